The number of halogens is 1. The van der Waals surface area contributed by atoms with Crippen molar-refractivity contribution in [3.05, 3.63) is 51.5 Å². The Morgan fingerprint density at radius 1 is 1.05 bits per heavy atom. The maximum atomic E-state index is 9.91. The van der Waals surface area contributed by atoms with Crippen LogP contribution in [0.3, 0.4) is 0 Å². The van der Waals surface area contributed by atoms with Gasteiger partial charge in [0.25, 0.3) is 0 Å². The van der Waals surface area contributed by atoms with E-state index in [1.54, 1.807) is 18.2 Å². The van der Waals surface area contributed by atoms with Gasteiger partial charge in [-0.15, -0.1) is 0 Å². The maximum Gasteiger partial charge on any atom is 0.124 e. The van der Waals surface area contributed by atoms with Crippen molar-refractivity contribution >= 4 is 21.6 Å². The van der Waals surface area contributed by atoms with Gasteiger partial charge in [0.05, 0.1) is 11.6 Å². The van der Waals surface area contributed by atoms with Gasteiger partial charge in [-0.05, 0) is 56.2 Å². The van der Waals surface area contributed by atoms with Crippen LogP contribution in [0, 0.1) is 13.8 Å². The molecule has 0 saturated heterocycles. The fraction of sp³-hybridized carbons (Fsp3) is 0.250. The highest BCUT2D eigenvalue weighted by Crippen LogP contribution is 2.36. The normalized spacial score (nSPS) is 12.2. The minimum atomic E-state index is -0.199. The molecule has 106 valence electrons. The first kappa shape index (κ1) is 14.7. The lowest BCUT2D eigenvalue weighted by Gasteiger charge is -2.21. The number of benzene rings is 2. The Hall–Kier alpha value is -1.68. The van der Waals surface area contributed by atoms with Gasteiger partial charge in [0.1, 0.15) is 11.5 Å². The van der Waals surface area contributed by atoms with E-state index in [9.17, 15) is 10.2 Å². The van der Waals surface area contributed by atoms with E-state index >= 15 is 0 Å². The van der Waals surface area contributed by atoms with Crippen molar-refractivity contribution in [3.8, 4) is 11.5 Å². The SMILES string of the molecule is Cc1cc(Br)cc(C)c1NC(C)c1c(O)cccc1O. The highest BCUT2D eigenvalue weighted by atomic mass is 79.9. The molecule has 0 amide bonds. The molecule has 20 heavy (non-hydrogen) atoms. The molecule has 0 spiro atoms. The molecular weight excluding hydrogens is 318 g/mol. The summed E-state index contributed by atoms with van der Waals surface area (Å²) in [7, 11) is 0. The molecule has 2 aromatic carbocycles. The van der Waals surface area contributed by atoms with Crippen LogP contribution in [-0.4, -0.2) is 10.2 Å². The molecule has 1 atom stereocenters. The zero-order chi connectivity index (χ0) is 14.9. The first-order valence-electron chi connectivity index (χ1n) is 6.44. The van der Waals surface area contributed by atoms with Gasteiger partial charge in [0, 0.05) is 10.2 Å². The van der Waals surface area contributed by atoms with Gasteiger partial charge in [-0.25, -0.2) is 0 Å². The highest BCUT2D eigenvalue weighted by molar-refractivity contribution is 9.10. The lowest BCUT2D eigenvalue weighted by molar-refractivity contribution is 0.434. The molecule has 1 unspecified atom stereocenters. The van der Waals surface area contributed by atoms with Crippen LogP contribution in [-0.2, 0) is 0 Å². The molecule has 2 rings (SSSR count). The Labute approximate surface area is 127 Å². The molecular formula is C16H18BrNO2. The Morgan fingerprint density at radius 3 is 2.05 bits per heavy atom. The van der Waals surface area contributed by atoms with Crippen LogP contribution in [0.25, 0.3) is 0 Å². The van der Waals surface area contributed by atoms with E-state index in [1.807, 2.05) is 32.9 Å². The van der Waals surface area contributed by atoms with Crippen molar-refractivity contribution < 1.29 is 10.2 Å². The second-order valence-electron chi connectivity index (χ2n) is 4.99. The van der Waals surface area contributed by atoms with E-state index in [1.165, 1.54) is 0 Å². The average molecular weight is 336 g/mol. The van der Waals surface area contributed by atoms with Gasteiger partial charge >= 0.3 is 0 Å². The summed E-state index contributed by atoms with van der Waals surface area (Å²) in [5.74, 6) is 0.190. The second-order valence-corrected chi connectivity index (χ2v) is 5.91. The molecule has 0 aliphatic rings. The van der Waals surface area contributed by atoms with Crippen molar-refractivity contribution in [1.29, 1.82) is 0 Å². The van der Waals surface area contributed by atoms with Gasteiger partial charge in [-0.1, -0.05) is 22.0 Å². The van der Waals surface area contributed by atoms with Crippen LogP contribution in [0.4, 0.5) is 5.69 Å². The summed E-state index contributed by atoms with van der Waals surface area (Å²) in [4.78, 5) is 0. The lowest BCUT2D eigenvalue weighted by atomic mass is 10.0. The number of nitrogens with one attached hydrogen (secondary N) is 1. The minimum absolute atomic E-state index is 0.0948. The fourth-order valence-corrected chi connectivity index (χ4v) is 3.10. The second kappa shape index (κ2) is 5.75. The summed E-state index contributed by atoms with van der Waals surface area (Å²) < 4.78 is 1.04. The average Bonchev–Trinajstić information content (AvgIpc) is 2.33. The molecule has 2 aromatic rings. The third-order valence-corrected chi connectivity index (χ3v) is 3.81. The topological polar surface area (TPSA) is 52.5 Å². The number of aryl methyl sites for hydroxylation is 2. The van der Waals surface area contributed by atoms with E-state index in [0.29, 0.717) is 5.56 Å². The third-order valence-electron chi connectivity index (χ3n) is 3.35. The summed E-state index contributed by atoms with van der Waals surface area (Å²) in [6.07, 6.45) is 0. The van der Waals surface area contributed by atoms with Gasteiger partial charge < -0.3 is 15.5 Å². The van der Waals surface area contributed by atoms with E-state index in [2.05, 4.69) is 21.2 Å². The van der Waals surface area contributed by atoms with E-state index in [-0.39, 0.29) is 17.5 Å². The molecule has 0 radical (unpaired) electrons. The Bertz CT molecular complexity index is 597. The summed E-state index contributed by atoms with van der Waals surface area (Å²) >= 11 is 3.47. The molecule has 0 aliphatic carbocycles. The standard InChI is InChI=1S/C16H18BrNO2/c1-9-7-12(17)8-10(2)16(9)18-11(3)15-13(19)5-4-6-14(15)20/h4-8,11,18-20H,1-3H3. The maximum absolute atomic E-state index is 9.91. The van der Waals surface area contributed by atoms with Crippen LogP contribution in [0.15, 0.2) is 34.8 Å². The van der Waals surface area contributed by atoms with Gasteiger partial charge in [-0.2, -0.15) is 0 Å². The molecule has 3 nitrogen and oxygen atoms in total. The summed E-state index contributed by atoms with van der Waals surface area (Å²) in [5.41, 5.74) is 3.75. The molecule has 0 aliphatic heterocycles. The first-order chi connectivity index (χ1) is 9.40. The number of hydrogen-bond acceptors (Lipinski definition) is 3. The van der Waals surface area contributed by atoms with Gasteiger partial charge in [-0.3, -0.25) is 0 Å². The van der Waals surface area contributed by atoms with Crippen molar-refractivity contribution in [2.75, 3.05) is 5.32 Å². The van der Waals surface area contributed by atoms with Gasteiger partial charge in [0.15, 0.2) is 0 Å². The predicted molar refractivity (Wildman–Crippen MR) is 85.4 cm³/mol. The minimum Gasteiger partial charge on any atom is -0.507 e. The predicted octanol–water partition coefficient (Wildman–Crippen LogP) is 4.65. The molecule has 0 fully saturated rings. The number of phenols is 2. The summed E-state index contributed by atoms with van der Waals surface area (Å²) in [5, 5.41) is 23.2. The number of hydrogen-bond donors (Lipinski definition) is 3. The molecule has 0 heterocycles. The zero-order valence-electron chi connectivity index (χ0n) is 11.7. The van der Waals surface area contributed by atoms with E-state index in [0.717, 1.165) is 21.3 Å². The monoisotopic (exact) mass is 335 g/mol. The summed E-state index contributed by atoms with van der Waals surface area (Å²) in [6, 6.07) is 8.65. The van der Waals surface area contributed by atoms with Crippen molar-refractivity contribution in [3.63, 3.8) is 0 Å². The van der Waals surface area contributed by atoms with Crippen molar-refractivity contribution in [2.24, 2.45) is 0 Å². The zero-order valence-corrected chi connectivity index (χ0v) is 13.3. The van der Waals surface area contributed by atoms with Gasteiger partial charge in [0.2, 0.25) is 0 Å². The molecule has 0 saturated carbocycles. The molecule has 4 heteroatoms. The molecule has 0 aromatic heterocycles. The first-order valence-corrected chi connectivity index (χ1v) is 7.23. The van der Waals surface area contributed by atoms with E-state index in [4.69, 9.17) is 0 Å². The largest absolute Gasteiger partial charge is 0.507 e. The number of phenolic OH excluding ortho intramolecular Hbond substituents is 2. The van der Waals surface area contributed by atoms with Crippen LogP contribution in [0.1, 0.15) is 29.7 Å². The smallest absolute Gasteiger partial charge is 0.124 e. The number of rotatable bonds is 3. The summed E-state index contributed by atoms with van der Waals surface area (Å²) in [6.45, 7) is 5.96. The Balaban J connectivity index is 2.35. The molecule has 3 N–H and O–H groups in total. The number of anilines is 1. The molecule has 0 bridgehead atoms. The van der Waals surface area contributed by atoms with Crippen LogP contribution in [0.5, 0.6) is 11.5 Å². The van der Waals surface area contributed by atoms with E-state index < -0.39 is 0 Å². The van der Waals surface area contributed by atoms with Crippen LogP contribution < -0.4 is 5.32 Å². The quantitative estimate of drug-likeness (QED) is 0.765. The number of aromatic hydroxyl groups is 2. The van der Waals surface area contributed by atoms with Crippen LogP contribution in [0.2, 0.25) is 0 Å². The Kier molecular flexibility index (Phi) is 4.23. The Morgan fingerprint density at radius 2 is 1.55 bits per heavy atom. The lowest BCUT2D eigenvalue weighted by Crippen LogP contribution is -2.09. The highest BCUT2D eigenvalue weighted by Gasteiger charge is 2.16. The van der Waals surface area contributed by atoms with Crippen molar-refractivity contribution in [1.82, 2.24) is 0 Å². The van der Waals surface area contributed by atoms with Crippen molar-refractivity contribution in [2.45, 2.75) is 26.8 Å². The fourth-order valence-electron chi connectivity index (χ4n) is 2.41. The third kappa shape index (κ3) is 2.90. The van der Waals surface area contributed by atoms with Crippen LogP contribution >= 0.6 is 15.9 Å².